The molecular weight excluding hydrogens is 250 g/mol. The van der Waals surface area contributed by atoms with Gasteiger partial charge in [-0.15, -0.1) is 5.10 Å². The van der Waals surface area contributed by atoms with E-state index in [2.05, 4.69) is 16.3 Å². The fourth-order valence-electron chi connectivity index (χ4n) is 1.51. The number of H-pyrrole nitrogens is 1. The minimum Gasteiger partial charge on any atom is -0.314 e. The van der Waals surface area contributed by atoms with Gasteiger partial charge in [0.1, 0.15) is 5.54 Å². The van der Waals surface area contributed by atoms with Gasteiger partial charge in [0, 0.05) is 12.3 Å². The van der Waals surface area contributed by atoms with Crippen molar-refractivity contribution < 1.29 is 0 Å². The van der Waals surface area contributed by atoms with Crippen LogP contribution in [0.3, 0.4) is 0 Å². The van der Waals surface area contributed by atoms with Crippen molar-refractivity contribution in [2.24, 2.45) is 5.73 Å². The minimum atomic E-state index is -0.734. The molecule has 0 aliphatic heterocycles. The zero-order valence-electron chi connectivity index (χ0n) is 10.8. The molecule has 1 unspecified atom stereocenters. The molecule has 1 aromatic heterocycles. The molecule has 0 spiro atoms. The number of aromatic amines is 1. The molecular formula is C11H19N5OS. The van der Waals surface area contributed by atoms with Crippen LogP contribution >= 0.6 is 11.8 Å². The summed E-state index contributed by atoms with van der Waals surface area (Å²) in [6.45, 7) is 4.27. The molecule has 0 radical (unpaired) electrons. The summed E-state index contributed by atoms with van der Waals surface area (Å²) in [4.78, 5) is 11.3. The van der Waals surface area contributed by atoms with Crippen LogP contribution in [0.2, 0.25) is 0 Å². The van der Waals surface area contributed by atoms with Crippen LogP contribution in [0.25, 0.3) is 0 Å². The standard InChI is InChI=1S/C11H19N5OS/c1-3-16-9(17)14-15-10(16)18-7-5-4-6-11(2,13)8-12/h3-7,13H2,1-2H3,(H,14,17). The van der Waals surface area contributed by atoms with E-state index in [0.717, 1.165) is 23.8 Å². The Balaban J connectivity index is 2.31. The van der Waals surface area contributed by atoms with Crippen molar-refractivity contribution in [2.45, 2.75) is 50.4 Å². The van der Waals surface area contributed by atoms with Gasteiger partial charge in [0.2, 0.25) is 0 Å². The van der Waals surface area contributed by atoms with Crippen molar-refractivity contribution in [3.8, 4) is 6.07 Å². The zero-order chi connectivity index (χ0) is 13.6. The lowest BCUT2D eigenvalue weighted by Crippen LogP contribution is -2.33. The number of hydrogen-bond acceptors (Lipinski definition) is 5. The molecule has 18 heavy (non-hydrogen) atoms. The monoisotopic (exact) mass is 269 g/mol. The first kappa shape index (κ1) is 14.8. The molecule has 1 aromatic rings. The number of nitrogens with zero attached hydrogens (tertiary/aromatic N) is 3. The molecule has 1 heterocycles. The maximum absolute atomic E-state index is 11.3. The van der Waals surface area contributed by atoms with Crippen LogP contribution in [0.15, 0.2) is 9.95 Å². The highest BCUT2D eigenvalue weighted by Crippen LogP contribution is 2.17. The maximum Gasteiger partial charge on any atom is 0.343 e. The highest BCUT2D eigenvalue weighted by Gasteiger charge is 2.16. The predicted octanol–water partition coefficient (Wildman–Crippen LogP) is 1.09. The molecule has 0 aliphatic rings. The summed E-state index contributed by atoms with van der Waals surface area (Å²) < 4.78 is 1.60. The van der Waals surface area contributed by atoms with Crippen molar-refractivity contribution in [2.75, 3.05) is 5.75 Å². The summed E-state index contributed by atoms with van der Waals surface area (Å²) in [6, 6.07) is 2.08. The van der Waals surface area contributed by atoms with E-state index >= 15 is 0 Å². The fourth-order valence-corrected chi connectivity index (χ4v) is 2.52. The Bertz CT molecular complexity index is 471. The number of nitrogens with two attached hydrogens (primary N) is 1. The molecule has 0 aliphatic carbocycles. The number of hydrogen-bond donors (Lipinski definition) is 2. The van der Waals surface area contributed by atoms with E-state index in [1.54, 1.807) is 23.3 Å². The number of aromatic nitrogens is 3. The lowest BCUT2D eigenvalue weighted by molar-refractivity contribution is 0.518. The lowest BCUT2D eigenvalue weighted by atomic mass is 9.99. The zero-order valence-corrected chi connectivity index (χ0v) is 11.6. The van der Waals surface area contributed by atoms with Crippen LogP contribution in [-0.4, -0.2) is 26.1 Å². The van der Waals surface area contributed by atoms with E-state index in [4.69, 9.17) is 11.0 Å². The largest absolute Gasteiger partial charge is 0.343 e. The molecule has 100 valence electrons. The molecule has 7 heteroatoms. The molecule has 1 rings (SSSR count). The highest BCUT2D eigenvalue weighted by molar-refractivity contribution is 7.99. The van der Waals surface area contributed by atoms with Gasteiger partial charge in [0.05, 0.1) is 6.07 Å². The fraction of sp³-hybridized carbons (Fsp3) is 0.727. The summed E-state index contributed by atoms with van der Waals surface area (Å²) in [5.41, 5.74) is 4.83. The second-order valence-corrected chi connectivity index (χ2v) is 5.45. The topological polar surface area (TPSA) is 100 Å². The SMILES string of the molecule is CCn1c(SCCCCC(C)(N)C#N)n[nH]c1=O. The summed E-state index contributed by atoms with van der Waals surface area (Å²) in [6.07, 6.45) is 2.53. The van der Waals surface area contributed by atoms with Gasteiger partial charge >= 0.3 is 5.69 Å². The number of rotatable bonds is 7. The van der Waals surface area contributed by atoms with E-state index in [1.807, 2.05) is 6.92 Å². The highest BCUT2D eigenvalue weighted by atomic mass is 32.2. The van der Waals surface area contributed by atoms with Crippen LogP contribution in [0.5, 0.6) is 0 Å². The van der Waals surface area contributed by atoms with Crippen molar-refractivity contribution in [3.05, 3.63) is 10.5 Å². The molecule has 1 atom stereocenters. The summed E-state index contributed by atoms with van der Waals surface area (Å²) in [5.74, 6) is 0.867. The van der Waals surface area contributed by atoms with Crippen molar-refractivity contribution in [3.63, 3.8) is 0 Å². The van der Waals surface area contributed by atoms with Crippen LogP contribution in [-0.2, 0) is 6.54 Å². The van der Waals surface area contributed by atoms with Crippen molar-refractivity contribution >= 4 is 11.8 Å². The molecule has 0 fully saturated rings. The third-order valence-electron chi connectivity index (χ3n) is 2.62. The second-order valence-electron chi connectivity index (χ2n) is 4.39. The molecule has 0 saturated heterocycles. The van der Waals surface area contributed by atoms with E-state index in [9.17, 15) is 4.79 Å². The molecule has 6 nitrogen and oxygen atoms in total. The average molecular weight is 269 g/mol. The molecule has 0 saturated carbocycles. The van der Waals surface area contributed by atoms with Crippen molar-refractivity contribution in [1.29, 1.82) is 5.26 Å². The second kappa shape index (κ2) is 6.61. The summed E-state index contributed by atoms with van der Waals surface area (Å²) in [5, 5.41) is 15.9. The van der Waals surface area contributed by atoms with Gasteiger partial charge < -0.3 is 5.73 Å². The van der Waals surface area contributed by atoms with Gasteiger partial charge in [-0.2, -0.15) is 5.26 Å². The molecule has 0 bridgehead atoms. The van der Waals surface area contributed by atoms with E-state index in [1.165, 1.54) is 0 Å². The first-order valence-electron chi connectivity index (χ1n) is 5.98. The maximum atomic E-state index is 11.3. The summed E-state index contributed by atoms with van der Waals surface area (Å²) >= 11 is 1.55. The molecule has 0 aromatic carbocycles. The van der Waals surface area contributed by atoms with Gasteiger partial charge in [-0.3, -0.25) is 4.57 Å². The number of nitrogens with one attached hydrogen (secondary N) is 1. The van der Waals surface area contributed by atoms with E-state index in [0.29, 0.717) is 13.0 Å². The average Bonchev–Trinajstić information content (AvgIpc) is 2.69. The number of nitriles is 1. The minimum absolute atomic E-state index is 0.168. The van der Waals surface area contributed by atoms with E-state index in [-0.39, 0.29) is 5.69 Å². The van der Waals surface area contributed by atoms with Gasteiger partial charge in [-0.05, 0) is 33.1 Å². The first-order valence-corrected chi connectivity index (χ1v) is 6.97. The Hall–Kier alpha value is -1.26. The molecule has 0 amide bonds. The Morgan fingerprint density at radius 3 is 2.94 bits per heavy atom. The Morgan fingerprint density at radius 2 is 2.33 bits per heavy atom. The Labute approximate surface area is 111 Å². The number of unbranched alkanes of at least 4 members (excludes halogenated alkanes) is 1. The van der Waals surface area contributed by atoms with Crippen LogP contribution in [0.4, 0.5) is 0 Å². The normalized spacial score (nSPS) is 14.1. The van der Waals surface area contributed by atoms with Crippen LogP contribution in [0.1, 0.15) is 33.1 Å². The summed E-state index contributed by atoms with van der Waals surface area (Å²) in [7, 11) is 0. The first-order chi connectivity index (χ1) is 8.50. The lowest BCUT2D eigenvalue weighted by Gasteiger charge is -2.14. The third-order valence-corrected chi connectivity index (χ3v) is 3.68. The Morgan fingerprint density at radius 1 is 1.61 bits per heavy atom. The predicted molar refractivity (Wildman–Crippen MR) is 71.3 cm³/mol. The smallest absolute Gasteiger partial charge is 0.314 e. The Kier molecular flexibility index (Phi) is 5.44. The van der Waals surface area contributed by atoms with Crippen molar-refractivity contribution in [1.82, 2.24) is 14.8 Å². The van der Waals surface area contributed by atoms with Gasteiger partial charge in [0.25, 0.3) is 0 Å². The van der Waals surface area contributed by atoms with Gasteiger partial charge in [0.15, 0.2) is 5.16 Å². The quantitative estimate of drug-likeness (QED) is 0.570. The van der Waals surface area contributed by atoms with Crippen LogP contribution < -0.4 is 11.4 Å². The van der Waals surface area contributed by atoms with Gasteiger partial charge in [-0.1, -0.05) is 11.8 Å². The molecule has 3 N–H and O–H groups in total. The third kappa shape index (κ3) is 4.20. The van der Waals surface area contributed by atoms with E-state index < -0.39 is 5.54 Å². The van der Waals surface area contributed by atoms with Gasteiger partial charge in [-0.25, -0.2) is 9.89 Å². The van der Waals surface area contributed by atoms with Crippen LogP contribution in [0, 0.1) is 11.3 Å². The number of thioether (sulfide) groups is 1.